The number of amides is 1. The summed E-state index contributed by atoms with van der Waals surface area (Å²) in [7, 11) is 0. The van der Waals surface area contributed by atoms with Gasteiger partial charge in [0.2, 0.25) is 0 Å². The van der Waals surface area contributed by atoms with E-state index in [1.807, 2.05) is 34.6 Å². The summed E-state index contributed by atoms with van der Waals surface area (Å²) in [6.07, 6.45) is 3.16. The predicted octanol–water partition coefficient (Wildman–Crippen LogP) is 2.41. The minimum atomic E-state index is -0.472. The maximum Gasteiger partial charge on any atom is 0.407 e. The summed E-state index contributed by atoms with van der Waals surface area (Å²) < 4.78 is 5.16. The van der Waals surface area contributed by atoms with Gasteiger partial charge in [-0.05, 0) is 33.3 Å². The van der Waals surface area contributed by atoms with Crippen LogP contribution in [0.4, 0.5) is 4.79 Å². The van der Waals surface area contributed by atoms with E-state index < -0.39 is 11.7 Å². The van der Waals surface area contributed by atoms with Gasteiger partial charge in [-0.25, -0.2) is 14.8 Å². The highest BCUT2D eigenvalue weighted by Crippen LogP contribution is 2.12. The van der Waals surface area contributed by atoms with Crippen molar-refractivity contribution in [2.24, 2.45) is 0 Å². The molecule has 18 heavy (non-hydrogen) atoms. The van der Waals surface area contributed by atoms with Gasteiger partial charge in [0.15, 0.2) is 0 Å². The molecule has 0 spiro atoms. The van der Waals surface area contributed by atoms with Gasteiger partial charge in [0.25, 0.3) is 0 Å². The molecule has 0 aliphatic carbocycles. The summed E-state index contributed by atoms with van der Waals surface area (Å²) in [5.41, 5.74) is 0.525. The van der Waals surface area contributed by atoms with Crippen molar-refractivity contribution in [1.82, 2.24) is 15.3 Å². The number of nitrogens with zero attached hydrogens (tertiary/aromatic N) is 2. The molecular weight excluding hydrogens is 230 g/mol. The predicted molar refractivity (Wildman–Crippen MR) is 69.4 cm³/mol. The van der Waals surface area contributed by atoms with Crippen molar-refractivity contribution >= 4 is 6.09 Å². The van der Waals surface area contributed by atoms with Gasteiger partial charge in [-0.1, -0.05) is 6.92 Å². The second-order valence-corrected chi connectivity index (χ2v) is 5.35. The molecule has 1 aromatic rings. The van der Waals surface area contributed by atoms with Crippen molar-refractivity contribution in [3.63, 3.8) is 0 Å². The van der Waals surface area contributed by atoms with Crippen LogP contribution in [0.5, 0.6) is 0 Å². The number of ether oxygens (including phenoxy) is 1. The summed E-state index contributed by atoms with van der Waals surface area (Å²) in [4.78, 5) is 19.7. The Kier molecular flexibility index (Phi) is 4.64. The molecule has 1 heterocycles. The van der Waals surface area contributed by atoms with Crippen molar-refractivity contribution in [1.29, 1.82) is 0 Å². The first-order valence-electron chi connectivity index (χ1n) is 6.03. The summed E-state index contributed by atoms with van der Waals surface area (Å²) in [5.74, 6) is 0.893. The van der Waals surface area contributed by atoms with E-state index in [2.05, 4.69) is 15.3 Å². The Hall–Kier alpha value is -1.65. The van der Waals surface area contributed by atoms with E-state index >= 15 is 0 Å². The van der Waals surface area contributed by atoms with E-state index in [0.29, 0.717) is 6.54 Å². The number of aryl methyl sites for hydroxylation is 1. The molecule has 1 aromatic heterocycles. The lowest BCUT2D eigenvalue weighted by Crippen LogP contribution is -2.34. The fraction of sp³-hybridized carbons (Fsp3) is 0.615. The average Bonchev–Trinajstić information content (AvgIpc) is 2.24. The van der Waals surface area contributed by atoms with Crippen LogP contribution in [0, 0.1) is 6.92 Å². The highest BCUT2D eigenvalue weighted by atomic mass is 16.6. The number of carbonyl (C=O) groups excluding carboxylic acids is 1. The van der Waals surface area contributed by atoms with Crippen LogP contribution in [0.2, 0.25) is 0 Å². The molecule has 1 amide bonds. The minimum Gasteiger partial charge on any atom is -0.444 e. The van der Waals surface area contributed by atoms with E-state index in [-0.39, 0.29) is 5.92 Å². The Balaban J connectivity index is 2.44. The van der Waals surface area contributed by atoms with Gasteiger partial charge in [0.1, 0.15) is 11.4 Å². The Labute approximate surface area is 108 Å². The van der Waals surface area contributed by atoms with Crippen LogP contribution in [0.1, 0.15) is 45.0 Å². The number of nitrogens with one attached hydrogen (secondary N) is 1. The zero-order valence-corrected chi connectivity index (χ0v) is 11.7. The SMILES string of the molecule is Cc1ncc(C(C)CNC(=O)OC(C)(C)C)cn1. The quantitative estimate of drug-likeness (QED) is 0.896. The second kappa shape index (κ2) is 5.80. The van der Waals surface area contributed by atoms with Gasteiger partial charge in [0, 0.05) is 24.9 Å². The number of hydrogen-bond donors (Lipinski definition) is 1. The zero-order chi connectivity index (χ0) is 13.8. The summed E-state index contributed by atoms with van der Waals surface area (Å²) in [6.45, 7) is 9.86. The zero-order valence-electron chi connectivity index (χ0n) is 11.7. The van der Waals surface area contributed by atoms with E-state index in [1.54, 1.807) is 12.4 Å². The monoisotopic (exact) mass is 251 g/mol. The normalized spacial score (nSPS) is 12.9. The third-order valence-electron chi connectivity index (χ3n) is 2.32. The molecular formula is C13H21N3O2. The van der Waals surface area contributed by atoms with E-state index in [1.165, 1.54) is 0 Å². The van der Waals surface area contributed by atoms with Crippen LogP contribution in [-0.4, -0.2) is 28.2 Å². The molecule has 1 atom stereocenters. The van der Waals surface area contributed by atoms with E-state index in [4.69, 9.17) is 4.74 Å². The van der Waals surface area contributed by atoms with Crippen molar-refractivity contribution in [2.45, 2.75) is 46.1 Å². The molecule has 0 aliphatic heterocycles. The largest absolute Gasteiger partial charge is 0.444 e. The van der Waals surface area contributed by atoms with Gasteiger partial charge in [-0.2, -0.15) is 0 Å². The van der Waals surface area contributed by atoms with Gasteiger partial charge in [-0.3, -0.25) is 0 Å². The molecule has 1 N–H and O–H groups in total. The van der Waals surface area contributed by atoms with E-state index in [9.17, 15) is 4.79 Å². The molecule has 5 heteroatoms. The fourth-order valence-corrected chi connectivity index (χ4v) is 1.33. The first kappa shape index (κ1) is 14.4. The van der Waals surface area contributed by atoms with Crippen molar-refractivity contribution in [3.05, 3.63) is 23.8 Å². The molecule has 100 valence electrons. The summed E-state index contributed by atoms with van der Waals surface area (Å²) in [6, 6.07) is 0. The molecule has 1 unspecified atom stereocenters. The molecule has 0 fully saturated rings. The lowest BCUT2D eigenvalue weighted by Gasteiger charge is -2.20. The van der Waals surface area contributed by atoms with Crippen molar-refractivity contribution < 1.29 is 9.53 Å². The Morgan fingerprint density at radius 2 is 1.94 bits per heavy atom. The number of carbonyl (C=O) groups is 1. The Morgan fingerprint density at radius 3 is 2.44 bits per heavy atom. The summed E-state index contributed by atoms with van der Waals surface area (Å²) >= 11 is 0. The van der Waals surface area contributed by atoms with Crippen LogP contribution in [0.15, 0.2) is 12.4 Å². The van der Waals surface area contributed by atoms with E-state index in [0.717, 1.165) is 11.4 Å². The van der Waals surface area contributed by atoms with Crippen LogP contribution in [-0.2, 0) is 4.74 Å². The van der Waals surface area contributed by atoms with Crippen LogP contribution in [0.3, 0.4) is 0 Å². The molecule has 5 nitrogen and oxygen atoms in total. The molecule has 0 aromatic carbocycles. The van der Waals surface area contributed by atoms with Crippen molar-refractivity contribution in [2.75, 3.05) is 6.54 Å². The van der Waals surface area contributed by atoms with Gasteiger partial charge < -0.3 is 10.1 Å². The molecule has 0 radical (unpaired) electrons. The van der Waals surface area contributed by atoms with Crippen LogP contribution >= 0.6 is 0 Å². The standard InChI is InChI=1S/C13H21N3O2/c1-9(11-7-14-10(2)15-8-11)6-16-12(17)18-13(3,4)5/h7-9H,6H2,1-5H3,(H,16,17). The molecule has 0 aliphatic rings. The number of alkyl carbamates (subject to hydrolysis) is 1. The second-order valence-electron chi connectivity index (χ2n) is 5.35. The van der Waals surface area contributed by atoms with Crippen LogP contribution < -0.4 is 5.32 Å². The van der Waals surface area contributed by atoms with Crippen molar-refractivity contribution in [3.8, 4) is 0 Å². The maximum atomic E-state index is 11.5. The average molecular weight is 251 g/mol. The summed E-state index contributed by atoms with van der Waals surface area (Å²) in [5, 5.41) is 2.74. The number of hydrogen-bond acceptors (Lipinski definition) is 4. The van der Waals surface area contributed by atoms with Gasteiger partial charge in [0.05, 0.1) is 0 Å². The molecule has 0 bridgehead atoms. The molecule has 1 rings (SSSR count). The minimum absolute atomic E-state index is 0.151. The maximum absolute atomic E-state index is 11.5. The smallest absolute Gasteiger partial charge is 0.407 e. The Bertz CT molecular complexity index is 396. The third kappa shape index (κ3) is 5.12. The number of aromatic nitrogens is 2. The lowest BCUT2D eigenvalue weighted by atomic mass is 10.1. The first-order chi connectivity index (χ1) is 8.28. The third-order valence-corrected chi connectivity index (χ3v) is 2.32. The van der Waals surface area contributed by atoms with Gasteiger partial charge in [-0.15, -0.1) is 0 Å². The number of rotatable bonds is 3. The molecule has 0 saturated carbocycles. The Morgan fingerprint density at radius 1 is 1.39 bits per heavy atom. The first-order valence-corrected chi connectivity index (χ1v) is 6.03. The van der Waals surface area contributed by atoms with Gasteiger partial charge >= 0.3 is 6.09 Å². The highest BCUT2D eigenvalue weighted by molar-refractivity contribution is 5.67. The fourth-order valence-electron chi connectivity index (χ4n) is 1.33. The lowest BCUT2D eigenvalue weighted by molar-refractivity contribution is 0.0525. The highest BCUT2D eigenvalue weighted by Gasteiger charge is 2.16. The topological polar surface area (TPSA) is 64.1 Å². The molecule has 0 saturated heterocycles. The van der Waals surface area contributed by atoms with Crippen LogP contribution in [0.25, 0.3) is 0 Å².